The fourth-order valence-corrected chi connectivity index (χ4v) is 3.99. The number of anilines is 1. The molecule has 0 bridgehead atoms. The molecule has 7 nitrogen and oxygen atoms in total. The summed E-state index contributed by atoms with van der Waals surface area (Å²) in [6.45, 7) is 4.83. The molecule has 1 aliphatic rings. The number of rotatable bonds is 5. The number of aryl methyl sites for hydroxylation is 1. The molecule has 1 atom stereocenters. The van der Waals surface area contributed by atoms with Crippen molar-refractivity contribution in [3.63, 3.8) is 0 Å². The lowest BCUT2D eigenvalue weighted by Gasteiger charge is -2.36. The van der Waals surface area contributed by atoms with Gasteiger partial charge in [-0.15, -0.1) is 0 Å². The molecule has 1 fully saturated rings. The number of aromatic amines is 1. The average molecular weight is 413 g/mol. The Hall–Kier alpha value is -2.64. The molecule has 0 aliphatic carbocycles. The maximum atomic E-state index is 12.8. The Bertz CT molecular complexity index is 994. The minimum atomic E-state index is -0.551. The monoisotopic (exact) mass is 412 g/mol. The van der Waals surface area contributed by atoms with E-state index >= 15 is 0 Å². The molecule has 1 amide bonds. The van der Waals surface area contributed by atoms with Crippen LogP contribution in [0.15, 0.2) is 36.8 Å². The van der Waals surface area contributed by atoms with E-state index in [1.54, 1.807) is 6.33 Å². The first-order valence-corrected chi connectivity index (χ1v) is 10.3. The molecule has 8 heteroatoms. The number of carbonyl (C=O) groups is 1. The molecule has 1 aromatic carbocycles. The van der Waals surface area contributed by atoms with E-state index in [2.05, 4.69) is 26.8 Å². The minimum absolute atomic E-state index is 0.0108. The number of nitrogens with one attached hydrogen (secondary N) is 1. The summed E-state index contributed by atoms with van der Waals surface area (Å²) in [5.41, 5.74) is 9.27. The number of benzene rings is 1. The molecule has 0 spiro atoms. The van der Waals surface area contributed by atoms with Gasteiger partial charge in [0.05, 0.1) is 11.4 Å². The molecule has 0 unspecified atom stereocenters. The van der Waals surface area contributed by atoms with Gasteiger partial charge in [-0.3, -0.25) is 4.79 Å². The Kier molecular flexibility index (Phi) is 5.69. The van der Waals surface area contributed by atoms with Crippen molar-refractivity contribution in [1.82, 2.24) is 19.9 Å². The maximum Gasteiger partial charge on any atom is 0.239 e. The van der Waals surface area contributed by atoms with Gasteiger partial charge in [-0.25, -0.2) is 9.97 Å². The summed E-state index contributed by atoms with van der Waals surface area (Å²) < 4.78 is 0. The van der Waals surface area contributed by atoms with Gasteiger partial charge in [0, 0.05) is 37.4 Å². The number of nitrogens with two attached hydrogens (primary N) is 1. The van der Waals surface area contributed by atoms with Crippen LogP contribution in [0, 0.1) is 0 Å². The number of nitrogens with zero attached hydrogens (tertiary/aromatic N) is 4. The van der Waals surface area contributed by atoms with E-state index < -0.39 is 6.04 Å². The van der Waals surface area contributed by atoms with Crippen molar-refractivity contribution in [2.75, 3.05) is 31.1 Å². The van der Waals surface area contributed by atoms with Crippen LogP contribution in [0.25, 0.3) is 11.0 Å². The normalized spacial score (nSPS) is 15.7. The third-order valence-electron chi connectivity index (χ3n) is 5.49. The molecule has 0 radical (unpaired) electrons. The number of hydrogen-bond acceptors (Lipinski definition) is 5. The van der Waals surface area contributed by atoms with E-state index in [9.17, 15) is 4.79 Å². The van der Waals surface area contributed by atoms with Crippen molar-refractivity contribution in [3.05, 3.63) is 52.9 Å². The largest absolute Gasteiger partial charge is 0.352 e. The molecule has 0 saturated carbocycles. The number of carbonyl (C=O) groups excluding carboxylic acids is 1. The second-order valence-electron chi connectivity index (χ2n) is 7.34. The molecule has 3 heterocycles. The van der Waals surface area contributed by atoms with Crippen LogP contribution in [0.3, 0.4) is 0 Å². The van der Waals surface area contributed by atoms with E-state index in [0.29, 0.717) is 24.5 Å². The first-order chi connectivity index (χ1) is 14.1. The number of fused-ring (bicyclic) bond motifs is 1. The second kappa shape index (κ2) is 8.39. The highest BCUT2D eigenvalue weighted by molar-refractivity contribution is 6.30. The highest BCUT2D eigenvalue weighted by Crippen LogP contribution is 2.27. The minimum Gasteiger partial charge on any atom is -0.352 e. The van der Waals surface area contributed by atoms with E-state index in [1.807, 2.05) is 35.4 Å². The van der Waals surface area contributed by atoms with Crippen LogP contribution in [-0.4, -0.2) is 58.0 Å². The topological polar surface area (TPSA) is 91.1 Å². The summed E-state index contributed by atoms with van der Waals surface area (Å²) in [6.07, 6.45) is 5.01. The molecule has 1 saturated heterocycles. The molecule has 3 aromatic rings. The Balaban J connectivity index is 1.41. The fraction of sp³-hybridized carbons (Fsp3) is 0.381. The maximum absolute atomic E-state index is 12.8. The van der Waals surface area contributed by atoms with Gasteiger partial charge >= 0.3 is 0 Å². The van der Waals surface area contributed by atoms with E-state index in [-0.39, 0.29) is 5.91 Å². The molecular formula is C21H25ClN6O. The fourth-order valence-electron chi connectivity index (χ4n) is 3.86. The van der Waals surface area contributed by atoms with Gasteiger partial charge in [-0.2, -0.15) is 0 Å². The van der Waals surface area contributed by atoms with Crippen LogP contribution in [0.5, 0.6) is 0 Å². The SMILES string of the molecule is CCc1c[nH]c2ncnc(N3CCN(C(=O)[C@H](N)Cc4ccc(Cl)cc4)CC3)c12. The molecule has 29 heavy (non-hydrogen) atoms. The Labute approximate surface area is 174 Å². The average Bonchev–Trinajstić information content (AvgIpc) is 3.18. The molecule has 152 valence electrons. The van der Waals surface area contributed by atoms with Gasteiger partial charge in [0.15, 0.2) is 0 Å². The van der Waals surface area contributed by atoms with E-state index in [0.717, 1.165) is 41.9 Å². The Morgan fingerprint density at radius 2 is 1.93 bits per heavy atom. The summed E-state index contributed by atoms with van der Waals surface area (Å²) in [5.74, 6) is 0.925. The lowest BCUT2D eigenvalue weighted by molar-refractivity contribution is -0.132. The summed E-state index contributed by atoms with van der Waals surface area (Å²) in [7, 11) is 0. The van der Waals surface area contributed by atoms with Gasteiger partial charge in [0.1, 0.15) is 17.8 Å². The van der Waals surface area contributed by atoms with Crippen molar-refractivity contribution >= 4 is 34.4 Å². The molecule has 1 aliphatic heterocycles. The molecule has 2 aromatic heterocycles. The summed E-state index contributed by atoms with van der Waals surface area (Å²) in [6, 6.07) is 6.91. The lowest BCUT2D eigenvalue weighted by atomic mass is 10.1. The van der Waals surface area contributed by atoms with Crippen LogP contribution < -0.4 is 10.6 Å². The van der Waals surface area contributed by atoms with Crippen LogP contribution in [0.4, 0.5) is 5.82 Å². The van der Waals surface area contributed by atoms with Gasteiger partial charge < -0.3 is 20.5 Å². The molecular weight excluding hydrogens is 388 g/mol. The van der Waals surface area contributed by atoms with Crippen molar-refractivity contribution in [2.45, 2.75) is 25.8 Å². The standard InChI is InChI=1S/C21H25ClN6O/c1-2-15-12-24-19-18(15)20(26-13-25-19)27-7-9-28(10-8-27)21(29)17(23)11-14-3-5-16(22)6-4-14/h3-6,12-13,17H,2,7-11,23H2,1H3,(H,24,25,26)/t17-/m1/s1. The third-order valence-corrected chi connectivity index (χ3v) is 5.74. The number of halogens is 1. The van der Waals surface area contributed by atoms with E-state index in [4.69, 9.17) is 17.3 Å². The number of H-pyrrole nitrogens is 1. The van der Waals surface area contributed by atoms with Crippen molar-refractivity contribution in [1.29, 1.82) is 0 Å². The van der Waals surface area contributed by atoms with Crippen molar-refractivity contribution in [2.24, 2.45) is 5.73 Å². The number of aromatic nitrogens is 3. The van der Waals surface area contributed by atoms with Gasteiger partial charge in [-0.05, 0) is 36.1 Å². The predicted octanol–water partition coefficient (Wildman–Crippen LogP) is 2.39. The first kappa shape index (κ1) is 19.7. The Morgan fingerprint density at radius 3 is 2.62 bits per heavy atom. The Morgan fingerprint density at radius 1 is 1.21 bits per heavy atom. The summed E-state index contributed by atoms with van der Waals surface area (Å²) in [4.78, 5) is 29.0. The van der Waals surface area contributed by atoms with Gasteiger partial charge in [0.25, 0.3) is 0 Å². The third kappa shape index (κ3) is 4.06. The van der Waals surface area contributed by atoms with Crippen LogP contribution in [0.2, 0.25) is 5.02 Å². The number of piperazine rings is 1. The summed E-state index contributed by atoms with van der Waals surface area (Å²) >= 11 is 5.92. The lowest BCUT2D eigenvalue weighted by Crippen LogP contribution is -2.53. The van der Waals surface area contributed by atoms with Gasteiger partial charge in [-0.1, -0.05) is 30.7 Å². The van der Waals surface area contributed by atoms with Crippen molar-refractivity contribution in [3.8, 4) is 0 Å². The quantitative estimate of drug-likeness (QED) is 0.671. The van der Waals surface area contributed by atoms with Crippen LogP contribution in [0.1, 0.15) is 18.1 Å². The van der Waals surface area contributed by atoms with Crippen LogP contribution in [-0.2, 0) is 17.6 Å². The van der Waals surface area contributed by atoms with Crippen molar-refractivity contribution < 1.29 is 4.79 Å². The predicted molar refractivity (Wildman–Crippen MR) is 115 cm³/mol. The first-order valence-electron chi connectivity index (χ1n) is 9.91. The van der Waals surface area contributed by atoms with Gasteiger partial charge in [0.2, 0.25) is 5.91 Å². The second-order valence-corrected chi connectivity index (χ2v) is 7.77. The summed E-state index contributed by atoms with van der Waals surface area (Å²) in [5, 5.41) is 1.76. The zero-order valence-electron chi connectivity index (χ0n) is 16.4. The molecule has 4 rings (SSSR count). The smallest absolute Gasteiger partial charge is 0.239 e. The number of hydrogen-bond donors (Lipinski definition) is 2. The van der Waals surface area contributed by atoms with Crippen LogP contribution >= 0.6 is 11.6 Å². The highest BCUT2D eigenvalue weighted by Gasteiger charge is 2.27. The molecule has 3 N–H and O–H groups in total. The zero-order valence-corrected chi connectivity index (χ0v) is 17.2. The van der Waals surface area contributed by atoms with E-state index in [1.165, 1.54) is 5.56 Å². The zero-order chi connectivity index (χ0) is 20.4. The highest BCUT2D eigenvalue weighted by atomic mass is 35.5. The number of amides is 1.